The fourth-order valence-electron chi connectivity index (χ4n) is 2.29. The SMILES string of the molecule is C=C/C=C(\C=C/C)CC(NC(=O)OCc1ccccc1)C1CO1.CC. The van der Waals surface area contributed by atoms with E-state index in [1.165, 1.54) is 0 Å². The topological polar surface area (TPSA) is 50.9 Å². The van der Waals surface area contributed by atoms with Gasteiger partial charge in [-0.1, -0.05) is 75.1 Å². The molecule has 2 unspecified atom stereocenters. The lowest BCUT2D eigenvalue weighted by atomic mass is 10.0. The highest BCUT2D eigenvalue weighted by atomic mass is 16.6. The van der Waals surface area contributed by atoms with Gasteiger partial charge in [0.15, 0.2) is 0 Å². The molecule has 1 amide bonds. The summed E-state index contributed by atoms with van der Waals surface area (Å²) < 4.78 is 10.6. The van der Waals surface area contributed by atoms with Crippen LogP contribution >= 0.6 is 0 Å². The van der Waals surface area contributed by atoms with Crippen molar-refractivity contribution in [2.45, 2.75) is 45.9 Å². The van der Waals surface area contributed by atoms with Gasteiger partial charge < -0.3 is 14.8 Å². The number of ether oxygens (including phenoxy) is 2. The van der Waals surface area contributed by atoms with E-state index in [1.807, 2.05) is 69.3 Å². The maximum atomic E-state index is 12.0. The molecule has 1 aliphatic rings. The fraction of sp³-hybridized carbons (Fsp3) is 0.381. The van der Waals surface area contributed by atoms with E-state index in [4.69, 9.17) is 9.47 Å². The lowest BCUT2D eigenvalue weighted by molar-refractivity contribution is 0.133. The van der Waals surface area contributed by atoms with Crippen molar-refractivity contribution in [3.05, 3.63) is 72.4 Å². The van der Waals surface area contributed by atoms with Crippen LogP contribution in [0.3, 0.4) is 0 Å². The van der Waals surface area contributed by atoms with Gasteiger partial charge in [0.2, 0.25) is 0 Å². The number of alkyl carbamates (subject to hydrolysis) is 1. The van der Waals surface area contributed by atoms with E-state index in [0.717, 1.165) is 11.1 Å². The molecule has 2 rings (SSSR count). The first-order valence-corrected chi connectivity index (χ1v) is 8.76. The van der Waals surface area contributed by atoms with Crippen LogP contribution in [-0.2, 0) is 16.1 Å². The summed E-state index contributed by atoms with van der Waals surface area (Å²) in [5.41, 5.74) is 2.05. The smallest absolute Gasteiger partial charge is 0.407 e. The van der Waals surface area contributed by atoms with Crippen LogP contribution in [0.2, 0.25) is 0 Å². The van der Waals surface area contributed by atoms with Gasteiger partial charge in [0.05, 0.1) is 12.6 Å². The number of carbonyl (C=O) groups is 1. The molecule has 1 aromatic carbocycles. The Balaban J connectivity index is 0.00000151. The van der Waals surface area contributed by atoms with Crippen LogP contribution in [0.1, 0.15) is 32.8 Å². The summed E-state index contributed by atoms with van der Waals surface area (Å²) in [6.07, 6.45) is 7.97. The minimum atomic E-state index is -0.423. The number of hydrogen-bond donors (Lipinski definition) is 1. The second-order valence-electron chi connectivity index (χ2n) is 5.37. The van der Waals surface area contributed by atoms with Crippen LogP contribution in [0.5, 0.6) is 0 Å². The van der Waals surface area contributed by atoms with Crippen LogP contribution in [0.15, 0.2) is 66.8 Å². The Kier molecular flexibility index (Phi) is 10.0. The molecule has 0 radical (unpaired) electrons. The Morgan fingerprint density at radius 3 is 2.64 bits per heavy atom. The first kappa shape index (κ1) is 20.7. The average Bonchev–Trinajstić information content (AvgIpc) is 3.48. The van der Waals surface area contributed by atoms with Gasteiger partial charge in [0, 0.05) is 0 Å². The van der Waals surface area contributed by atoms with Gasteiger partial charge in [-0.25, -0.2) is 4.79 Å². The largest absolute Gasteiger partial charge is 0.445 e. The zero-order chi connectivity index (χ0) is 18.5. The van der Waals surface area contributed by atoms with Gasteiger partial charge in [-0.3, -0.25) is 0 Å². The summed E-state index contributed by atoms with van der Waals surface area (Å²) in [4.78, 5) is 12.0. The Labute approximate surface area is 151 Å². The second kappa shape index (κ2) is 12.1. The normalized spacial score (nSPS) is 17.2. The van der Waals surface area contributed by atoms with E-state index < -0.39 is 6.09 Å². The van der Waals surface area contributed by atoms with Crippen molar-refractivity contribution in [3.8, 4) is 0 Å². The van der Waals surface area contributed by atoms with Crippen LogP contribution in [0.4, 0.5) is 4.79 Å². The van der Waals surface area contributed by atoms with Crippen molar-refractivity contribution < 1.29 is 14.3 Å². The van der Waals surface area contributed by atoms with Crippen LogP contribution in [-0.4, -0.2) is 24.8 Å². The molecule has 1 fully saturated rings. The van der Waals surface area contributed by atoms with Gasteiger partial charge >= 0.3 is 6.09 Å². The third-order valence-corrected chi connectivity index (χ3v) is 3.49. The van der Waals surface area contributed by atoms with Gasteiger partial charge in [-0.05, 0) is 24.5 Å². The summed E-state index contributed by atoms with van der Waals surface area (Å²) in [6, 6.07) is 9.51. The van der Waals surface area contributed by atoms with Crippen molar-refractivity contribution in [1.29, 1.82) is 0 Å². The Morgan fingerprint density at radius 1 is 1.40 bits per heavy atom. The fourth-order valence-corrected chi connectivity index (χ4v) is 2.29. The molecule has 1 N–H and O–H groups in total. The van der Waals surface area contributed by atoms with E-state index in [9.17, 15) is 4.79 Å². The van der Waals surface area contributed by atoms with E-state index >= 15 is 0 Å². The number of amides is 1. The van der Waals surface area contributed by atoms with Crippen molar-refractivity contribution in [2.24, 2.45) is 0 Å². The third-order valence-electron chi connectivity index (χ3n) is 3.49. The van der Waals surface area contributed by atoms with Gasteiger partial charge in [0.25, 0.3) is 0 Å². The van der Waals surface area contributed by atoms with Crippen LogP contribution in [0.25, 0.3) is 0 Å². The van der Waals surface area contributed by atoms with E-state index in [1.54, 1.807) is 6.08 Å². The number of nitrogens with one attached hydrogen (secondary N) is 1. The predicted octanol–water partition coefficient (Wildman–Crippen LogP) is 4.79. The average molecular weight is 343 g/mol. The van der Waals surface area contributed by atoms with Crippen LogP contribution in [0, 0.1) is 0 Å². The number of hydrogen-bond acceptors (Lipinski definition) is 3. The first-order valence-electron chi connectivity index (χ1n) is 8.76. The van der Waals surface area contributed by atoms with Gasteiger partial charge in [-0.15, -0.1) is 0 Å². The van der Waals surface area contributed by atoms with E-state index in [0.29, 0.717) is 13.0 Å². The summed E-state index contributed by atoms with van der Waals surface area (Å²) in [5, 5.41) is 2.90. The molecule has 0 aromatic heterocycles. The quantitative estimate of drug-likeness (QED) is 0.545. The van der Waals surface area contributed by atoms with Gasteiger partial charge in [0.1, 0.15) is 12.7 Å². The number of benzene rings is 1. The van der Waals surface area contributed by atoms with Crippen molar-refractivity contribution in [1.82, 2.24) is 5.32 Å². The highest BCUT2D eigenvalue weighted by molar-refractivity contribution is 5.67. The molecule has 1 heterocycles. The molecule has 0 aliphatic carbocycles. The van der Waals surface area contributed by atoms with Crippen molar-refractivity contribution in [2.75, 3.05) is 6.61 Å². The predicted molar refractivity (Wildman–Crippen MR) is 102 cm³/mol. The molecule has 1 aliphatic heterocycles. The van der Waals surface area contributed by atoms with Crippen molar-refractivity contribution >= 4 is 6.09 Å². The molecule has 4 nitrogen and oxygen atoms in total. The second-order valence-corrected chi connectivity index (χ2v) is 5.37. The number of carbonyl (C=O) groups excluding carboxylic acids is 1. The number of rotatable bonds is 8. The van der Waals surface area contributed by atoms with Gasteiger partial charge in [-0.2, -0.15) is 0 Å². The number of epoxide rings is 1. The Bertz CT molecular complexity index is 574. The number of allylic oxidation sites excluding steroid dienone is 4. The molecular weight excluding hydrogens is 314 g/mol. The summed E-state index contributed by atoms with van der Waals surface area (Å²) in [5.74, 6) is 0. The summed E-state index contributed by atoms with van der Waals surface area (Å²) in [6.45, 7) is 10.6. The maximum Gasteiger partial charge on any atom is 0.407 e. The Hall–Kier alpha value is -2.33. The summed E-state index contributed by atoms with van der Waals surface area (Å²) in [7, 11) is 0. The first-order chi connectivity index (χ1) is 12.2. The van der Waals surface area contributed by atoms with E-state index in [-0.39, 0.29) is 18.8 Å². The third kappa shape index (κ3) is 8.36. The van der Waals surface area contributed by atoms with Crippen LogP contribution < -0.4 is 5.32 Å². The molecule has 0 bridgehead atoms. The minimum Gasteiger partial charge on any atom is -0.445 e. The molecular formula is C21H29NO3. The molecule has 25 heavy (non-hydrogen) atoms. The molecule has 0 spiro atoms. The lowest BCUT2D eigenvalue weighted by Gasteiger charge is -2.17. The van der Waals surface area contributed by atoms with Crippen molar-refractivity contribution in [3.63, 3.8) is 0 Å². The lowest BCUT2D eigenvalue weighted by Crippen LogP contribution is -2.39. The zero-order valence-corrected chi connectivity index (χ0v) is 15.4. The monoisotopic (exact) mass is 343 g/mol. The zero-order valence-electron chi connectivity index (χ0n) is 15.4. The molecule has 136 valence electrons. The highest BCUT2D eigenvalue weighted by Crippen LogP contribution is 2.21. The molecule has 1 aromatic rings. The highest BCUT2D eigenvalue weighted by Gasteiger charge is 2.34. The Morgan fingerprint density at radius 2 is 2.08 bits per heavy atom. The van der Waals surface area contributed by atoms with E-state index in [2.05, 4.69) is 11.9 Å². The summed E-state index contributed by atoms with van der Waals surface area (Å²) >= 11 is 0. The minimum absolute atomic E-state index is 0.0535. The maximum absolute atomic E-state index is 12.0. The molecule has 4 heteroatoms. The molecule has 2 atom stereocenters. The molecule has 1 saturated heterocycles. The molecule has 0 saturated carbocycles. The standard InChI is InChI=1S/C19H23NO3.C2H6/c1-3-8-15(9-4-2)12-17(18-14-22-18)20-19(21)23-13-16-10-6-5-7-11-16;1-2/h3-11,17-18H,1,12-14H2,2H3,(H,20,21);1-2H3/b9-4-,15-8+;.